The van der Waals surface area contributed by atoms with Crippen LogP contribution in [-0.4, -0.2) is 17.9 Å². The summed E-state index contributed by atoms with van der Waals surface area (Å²) in [6.45, 7) is 10.6. The number of nitrogens with zero attached hydrogens (tertiary/aromatic N) is 1. The van der Waals surface area contributed by atoms with E-state index in [1.165, 1.54) is 18.6 Å². The number of imide groups is 1. The summed E-state index contributed by atoms with van der Waals surface area (Å²) in [6.07, 6.45) is 6.06. The first kappa shape index (κ1) is 20.7. The number of hydrogen-bond acceptors (Lipinski definition) is 4. The molecule has 0 bridgehead atoms. The fourth-order valence-electron chi connectivity index (χ4n) is 4.13. The Morgan fingerprint density at radius 3 is 2.43 bits per heavy atom. The Bertz CT molecular complexity index is 750. The van der Waals surface area contributed by atoms with E-state index in [1.54, 1.807) is 6.07 Å². The van der Waals surface area contributed by atoms with Crippen molar-refractivity contribution in [3.8, 4) is 0 Å². The summed E-state index contributed by atoms with van der Waals surface area (Å²) < 4.78 is 0. The average molecular weight is 386 g/mol. The van der Waals surface area contributed by atoms with E-state index in [9.17, 15) is 9.59 Å². The van der Waals surface area contributed by atoms with Crippen molar-refractivity contribution >= 4 is 17.5 Å². The molecule has 28 heavy (non-hydrogen) atoms. The van der Waals surface area contributed by atoms with Crippen LogP contribution < -0.4 is 4.90 Å². The van der Waals surface area contributed by atoms with E-state index in [1.807, 2.05) is 32.0 Å². The lowest BCUT2D eigenvalue weighted by Crippen LogP contribution is -2.36. The fraction of sp³-hybridized carbons (Fsp3) is 0.565. The molecule has 1 aliphatic carbocycles. The maximum atomic E-state index is 12.0. The first-order valence-corrected chi connectivity index (χ1v) is 10.2. The molecule has 1 aromatic carbocycles. The molecule has 1 aromatic rings. The molecule has 1 saturated carbocycles. The monoisotopic (exact) mass is 385 g/mol. The minimum Gasteiger partial charge on any atom is -0.269 e. The van der Waals surface area contributed by atoms with E-state index >= 15 is 0 Å². The van der Waals surface area contributed by atoms with Gasteiger partial charge in [0.05, 0.1) is 11.8 Å². The predicted molar refractivity (Wildman–Crippen MR) is 108 cm³/mol. The summed E-state index contributed by atoms with van der Waals surface area (Å²) >= 11 is 0. The number of anilines is 1. The van der Waals surface area contributed by atoms with Gasteiger partial charge in [0.2, 0.25) is 0 Å². The summed E-state index contributed by atoms with van der Waals surface area (Å²) in [5.41, 5.74) is 0.681. The summed E-state index contributed by atoms with van der Waals surface area (Å²) in [5.74, 6) is 1.02. The highest BCUT2D eigenvalue weighted by molar-refractivity contribution is 6.28. The van der Waals surface area contributed by atoms with Gasteiger partial charge in [0.15, 0.2) is 0 Å². The summed E-state index contributed by atoms with van der Waals surface area (Å²) in [5, 5.41) is 0. The maximum Gasteiger partial charge on any atom is 0.258 e. The SMILES string of the molecule is CC1CCC(C(C)C)C(OOC(C)(C)c2cccc(N3C(=O)C=CC3=O)c2)C1. The summed E-state index contributed by atoms with van der Waals surface area (Å²) in [4.78, 5) is 37.1. The molecule has 3 rings (SSSR count). The minimum absolute atomic E-state index is 0.0807. The Kier molecular flexibility index (Phi) is 6.06. The van der Waals surface area contributed by atoms with Crippen LogP contribution in [0.25, 0.3) is 0 Å². The highest BCUT2D eigenvalue weighted by Crippen LogP contribution is 2.37. The molecule has 2 amide bonds. The van der Waals surface area contributed by atoms with Gasteiger partial charge >= 0.3 is 0 Å². The lowest BCUT2D eigenvalue weighted by Gasteiger charge is -2.38. The van der Waals surface area contributed by atoms with Crippen LogP contribution >= 0.6 is 0 Å². The number of rotatable bonds is 6. The number of carbonyl (C=O) groups is 2. The molecule has 2 aliphatic rings. The van der Waals surface area contributed by atoms with Crippen LogP contribution in [0.2, 0.25) is 0 Å². The molecule has 0 N–H and O–H groups in total. The van der Waals surface area contributed by atoms with Crippen LogP contribution in [0.5, 0.6) is 0 Å². The van der Waals surface area contributed by atoms with Crippen molar-refractivity contribution in [1.82, 2.24) is 0 Å². The van der Waals surface area contributed by atoms with Crippen molar-refractivity contribution in [3.05, 3.63) is 42.0 Å². The van der Waals surface area contributed by atoms with Gasteiger partial charge in [-0.15, -0.1) is 0 Å². The molecule has 1 aliphatic heterocycles. The Morgan fingerprint density at radius 1 is 1.11 bits per heavy atom. The van der Waals surface area contributed by atoms with Crippen molar-refractivity contribution in [2.45, 2.75) is 65.6 Å². The lowest BCUT2D eigenvalue weighted by molar-refractivity contribution is -0.394. The molecule has 1 fully saturated rings. The summed E-state index contributed by atoms with van der Waals surface area (Å²) in [6, 6.07) is 7.32. The van der Waals surface area contributed by atoms with Gasteiger partial charge in [0.25, 0.3) is 11.8 Å². The van der Waals surface area contributed by atoms with Crippen LogP contribution in [0.3, 0.4) is 0 Å². The van der Waals surface area contributed by atoms with E-state index in [4.69, 9.17) is 9.78 Å². The van der Waals surface area contributed by atoms with Crippen molar-refractivity contribution in [2.24, 2.45) is 17.8 Å². The minimum atomic E-state index is -0.711. The zero-order valence-corrected chi connectivity index (χ0v) is 17.5. The Hall–Kier alpha value is -1.98. The van der Waals surface area contributed by atoms with Crippen molar-refractivity contribution in [3.63, 3.8) is 0 Å². The van der Waals surface area contributed by atoms with Gasteiger partial charge in [0, 0.05) is 12.2 Å². The molecule has 0 radical (unpaired) electrons. The maximum absolute atomic E-state index is 12.0. The van der Waals surface area contributed by atoms with Crippen molar-refractivity contribution < 1.29 is 19.4 Å². The van der Waals surface area contributed by atoms with Gasteiger partial charge in [-0.3, -0.25) is 9.59 Å². The second-order valence-electron chi connectivity index (χ2n) is 8.95. The molecule has 152 valence electrons. The molecule has 1 heterocycles. The zero-order chi connectivity index (χ0) is 20.5. The highest BCUT2D eigenvalue weighted by Gasteiger charge is 2.35. The second kappa shape index (κ2) is 8.18. The molecule has 0 spiro atoms. The Morgan fingerprint density at radius 2 is 1.79 bits per heavy atom. The van der Waals surface area contributed by atoms with Crippen LogP contribution in [0, 0.1) is 17.8 Å². The van der Waals surface area contributed by atoms with Gasteiger partial charge in [-0.25, -0.2) is 14.7 Å². The van der Waals surface area contributed by atoms with E-state index in [-0.39, 0.29) is 17.9 Å². The molecule has 3 unspecified atom stereocenters. The predicted octanol–water partition coefficient (Wildman–Crippen LogP) is 4.76. The molecular weight excluding hydrogens is 354 g/mol. The van der Waals surface area contributed by atoms with Crippen LogP contribution in [0.15, 0.2) is 36.4 Å². The number of carbonyl (C=O) groups excluding carboxylic acids is 2. The van der Waals surface area contributed by atoms with Crippen molar-refractivity contribution in [2.75, 3.05) is 4.90 Å². The zero-order valence-electron chi connectivity index (χ0n) is 17.5. The van der Waals surface area contributed by atoms with Crippen LogP contribution in [-0.2, 0) is 25.0 Å². The first-order valence-electron chi connectivity index (χ1n) is 10.2. The lowest BCUT2D eigenvalue weighted by atomic mass is 9.75. The van der Waals surface area contributed by atoms with E-state index in [0.29, 0.717) is 23.4 Å². The molecule has 5 nitrogen and oxygen atoms in total. The standard InChI is InChI=1S/C23H31NO4/c1-15(2)19-10-9-16(3)13-20(19)27-28-23(4,5)17-7-6-8-18(14-17)24-21(25)11-12-22(24)26/h6-8,11-12,14-16,19-20H,9-10,13H2,1-5H3. The quantitative estimate of drug-likeness (QED) is 0.402. The molecule has 0 saturated heterocycles. The number of hydrogen-bond donors (Lipinski definition) is 0. The van der Waals surface area contributed by atoms with E-state index in [0.717, 1.165) is 23.3 Å². The summed E-state index contributed by atoms with van der Waals surface area (Å²) in [7, 11) is 0. The van der Waals surface area contributed by atoms with Gasteiger partial charge in [-0.1, -0.05) is 39.3 Å². The van der Waals surface area contributed by atoms with Crippen LogP contribution in [0.1, 0.15) is 59.4 Å². The molecule has 3 atom stereocenters. The van der Waals surface area contributed by atoms with Gasteiger partial charge in [-0.2, -0.15) is 0 Å². The Labute approximate surface area is 167 Å². The molecular formula is C23H31NO4. The average Bonchev–Trinajstić information content (AvgIpc) is 2.98. The third kappa shape index (κ3) is 4.36. The largest absolute Gasteiger partial charge is 0.269 e. The molecule has 0 aromatic heterocycles. The third-order valence-electron chi connectivity index (χ3n) is 5.95. The van der Waals surface area contributed by atoms with Crippen LogP contribution in [0.4, 0.5) is 5.69 Å². The second-order valence-corrected chi connectivity index (χ2v) is 8.95. The first-order chi connectivity index (χ1) is 13.2. The van der Waals surface area contributed by atoms with Crippen molar-refractivity contribution in [1.29, 1.82) is 0 Å². The number of benzene rings is 1. The van der Waals surface area contributed by atoms with E-state index in [2.05, 4.69) is 20.8 Å². The fourth-order valence-corrected chi connectivity index (χ4v) is 4.13. The topological polar surface area (TPSA) is 55.8 Å². The number of amides is 2. The third-order valence-corrected chi connectivity index (χ3v) is 5.95. The van der Waals surface area contributed by atoms with E-state index < -0.39 is 5.60 Å². The smallest absolute Gasteiger partial charge is 0.258 e. The van der Waals surface area contributed by atoms with Gasteiger partial charge in [0.1, 0.15) is 5.60 Å². The molecule has 5 heteroatoms. The van der Waals surface area contributed by atoms with Gasteiger partial charge in [-0.05, 0) is 62.1 Å². The Balaban J connectivity index is 1.73. The normalized spacial score (nSPS) is 25.8. The van der Waals surface area contributed by atoms with Gasteiger partial charge < -0.3 is 0 Å². The highest BCUT2D eigenvalue weighted by atomic mass is 17.2.